The van der Waals surface area contributed by atoms with Gasteiger partial charge in [0.05, 0.1) is 7.11 Å². The first kappa shape index (κ1) is 12.1. The molecule has 3 rings (SSSR count). The molecule has 0 saturated carbocycles. The number of para-hydroxylation sites is 2. The van der Waals surface area contributed by atoms with Crippen molar-refractivity contribution in [2.24, 2.45) is 0 Å². The predicted octanol–water partition coefficient (Wildman–Crippen LogP) is 3.01. The molecule has 0 saturated heterocycles. The number of benzene rings is 1. The number of ether oxygens (including phenoxy) is 2. The van der Waals surface area contributed by atoms with Crippen molar-refractivity contribution >= 4 is 5.65 Å². The van der Waals surface area contributed by atoms with Crippen molar-refractivity contribution in [1.29, 1.82) is 5.26 Å². The molecule has 0 radical (unpaired) electrons. The molecular weight excluding hydrogens is 254 g/mol. The summed E-state index contributed by atoms with van der Waals surface area (Å²) in [5.41, 5.74) is 1.12. The Hall–Kier alpha value is -3.00. The smallest absolute Gasteiger partial charge is 0.169 e. The topological polar surface area (TPSA) is 59.5 Å². The normalized spacial score (nSPS) is 10.2. The van der Waals surface area contributed by atoms with Crippen molar-refractivity contribution in [3.8, 4) is 23.3 Å². The average molecular weight is 265 g/mol. The van der Waals surface area contributed by atoms with Gasteiger partial charge in [-0.3, -0.25) is 4.40 Å². The molecule has 2 aromatic heterocycles. The Labute approximate surface area is 115 Å². The number of hydrogen-bond acceptors (Lipinski definition) is 4. The second-order valence-electron chi connectivity index (χ2n) is 4.10. The molecule has 0 atom stereocenters. The summed E-state index contributed by atoms with van der Waals surface area (Å²) in [7, 11) is 1.58. The van der Waals surface area contributed by atoms with Gasteiger partial charge in [-0.15, -0.1) is 0 Å². The minimum absolute atomic E-state index is 0.463. The summed E-state index contributed by atoms with van der Waals surface area (Å²) >= 11 is 0. The summed E-state index contributed by atoms with van der Waals surface area (Å²) in [6, 6.07) is 12.9. The van der Waals surface area contributed by atoms with Crippen LogP contribution in [0.15, 0.2) is 48.8 Å². The van der Waals surface area contributed by atoms with Crippen LogP contribution in [-0.4, -0.2) is 16.5 Å². The highest BCUT2D eigenvalue weighted by Gasteiger charge is 2.08. The van der Waals surface area contributed by atoms with E-state index in [0.717, 1.165) is 0 Å². The summed E-state index contributed by atoms with van der Waals surface area (Å²) in [5.74, 6) is 1.77. The monoisotopic (exact) mass is 265 g/mol. The minimum Gasteiger partial charge on any atom is -0.493 e. The number of pyridine rings is 1. The lowest BCUT2D eigenvalue weighted by Gasteiger charge is -2.10. The van der Waals surface area contributed by atoms with Crippen LogP contribution < -0.4 is 9.47 Å². The van der Waals surface area contributed by atoms with E-state index in [-0.39, 0.29) is 0 Å². The van der Waals surface area contributed by atoms with Gasteiger partial charge in [-0.25, -0.2) is 4.98 Å². The first-order valence-electron chi connectivity index (χ1n) is 6.00. The molecule has 0 aliphatic rings. The molecule has 5 nitrogen and oxygen atoms in total. The molecule has 98 valence electrons. The van der Waals surface area contributed by atoms with Crippen LogP contribution in [-0.2, 0) is 0 Å². The van der Waals surface area contributed by atoms with E-state index in [1.807, 2.05) is 18.2 Å². The Kier molecular flexibility index (Phi) is 2.98. The predicted molar refractivity (Wildman–Crippen MR) is 73.0 cm³/mol. The van der Waals surface area contributed by atoms with Crippen LogP contribution >= 0.6 is 0 Å². The largest absolute Gasteiger partial charge is 0.493 e. The Morgan fingerprint density at radius 1 is 1.20 bits per heavy atom. The highest BCUT2D eigenvalue weighted by Crippen LogP contribution is 2.31. The summed E-state index contributed by atoms with van der Waals surface area (Å²) in [5, 5.41) is 9.17. The molecule has 0 aliphatic carbocycles. The fourth-order valence-electron chi connectivity index (χ4n) is 1.97. The van der Waals surface area contributed by atoms with Gasteiger partial charge in [0, 0.05) is 24.5 Å². The van der Waals surface area contributed by atoms with Crippen LogP contribution in [0, 0.1) is 11.3 Å². The third-order valence-electron chi connectivity index (χ3n) is 2.89. The second kappa shape index (κ2) is 4.94. The number of rotatable bonds is 3. The zero-order chi connectivity index (χ0) is 13.9. The van der Waals surface area contributed by atoms with Gasteiger partial charge in [0.15, 0.2) is 11.5 Å². The van der Waals surface area contributed by atoms with Gasteiger partial charge in [-0.05, 0) is 12.1 Å². The van der Waals surface area contributed by atoms with Gasteiger partial charge in [-0.1, -0.05) is 12.1 Å². The van der Waals surface area contributed by atoms with E-state index < -0.39 is 0 Å². The number of imidazole rings is 1. The molecule has 0 spiro atoms. The zero-order valence-corrected chi connectivity index (χ0v) is 10.8. The fourth-order valence-corrected chi connectivity index (χ4v) is 1.97. The van der Waals surface area contributed by atoms with E-state index in [0.29, 0.717) is 28.6 Å². The summed E-state index contributed by atoms with van der Waals surface area (Å²) < 4.78 is 12.7. The van der Waals surface area contributed by atoms with Crippen molar-refractivity contribution in [3.63, 3.8) is 0 Å². The van der Waals surface area contributed by atoms with Crippen LogP contribution in [0.2, 0.25) is 0 Å². The van der Waals surface area contributed by atoms with Crippen LogP contribution in [0.5, 0.6) is 17.2 Å². The molecule has 2 heterocycles. The maximum absolute atomic E-state index is 9.17. The maximum atomic E-state index is 9.17. The number of nitrogens with zero attached hydrogens (tertiary/aromatic N) is 3. The van der Waals surface area contributed by atoms with Crippen molar-refractivity contribution in [3.05, 3.63) is 54.5 Å². The van der Waals surface area contributed by atoms with Gasteiger partial charge in [-0.2, -0.15) is 5.26 Å². The Bertz CT molecular complexity index is 802. The van der Waals surface area contributed by atoms with E-state index in [1.165, 1.54) is 0 Å². The lowest BCUT2D eigenvalue weighted by molar-refractivity contribution is 0.379. The molecule has 20 heavy (non-hydrogen) atoms. The van der Waals surface area contributed by atoms with Crippen LogP contribution in [0.3, 0.4) is 0 Å². The van der Waals surface area contributed by atoms with Crippen LogP contribution in [0.1, 0.15) is 5.69 Å². The van der Waals surface area contributed by atoms with E-state index in [4.69, 9.17) is 14.7 Å². The molecule has 0 amide bonds. The Balaban J connectivity index is 2.05. The first-order chi connectivity index (χ1) is 9.81. The minimum atomic E-state index is 0.463. The first-order valence-corrected chi connectivity index (χ1v) is 6.00. The summed E-state index contributed by atoms with van der Waals surface area (Å²) in [6.07, 6.45) is 3.38. The molecule has 0 N–H and O–H groups in total. The van der Waals surface area contributed by atoms with Gasteiger partial charge >= 0.3 is 0 Å². The van der Waals surface area contributed by atoms with E-state index in [2.05, 4.69) is 11.1 Å². The molecule has 0 fully saturated rings. The molecule has 3 aromatic rings. The van der Waals surface area contributed by atoms with E-state index >= 15 is 0 Å². The van der Waals surface area contributed by atoms with E-state index in [9.17, 15) is 0 Å². The molecule has 0 aliphatic heterocycles. The van der Waals surface area contributed by atoms with Crippen LogP contribution in [0.4, 0.5) is 0 Å². The molecule has 0 bridgehead atoms. The number of hydrogen-bond donors (Lipinski definition) is 0. The van der Waals surface area contributed by atoms with Crippen molar-refractivity contribution < 1.29 is 9.47 Å². The Morgan fingerprint density at radius 3 is 2.75 bits per heavy atom. The van der Waals surface area contributed by atoms with E-state index in [1.54, 1.807) is 42.1 Å². The molecule has 5 heteroatoms. The number of methoxy groups -OCH3 is 1. The van der Waals surface area contributed by atoms with Crippen molar-refractivity contribution in [2.75, 3.05) is 7.11 Å². The average Bonchev–Trinajstić information content (AvgIpc) is 2.95. The van der Waals surface area contributed by atoms with Crippen molar-refractivity contribution in [2.45, 2.75) is 0 Å². The summed E-state index contributed by atoms with van der Waals surface area (Å²) in [6.45, 7) is 0. The summed E-state index contributed by atoms with van der Waals surface area (Å²) in [4.78, 5) is 4.17. The van der Waals surface area contributed by atoms with Gasteiger partial charge in [0.2, 0.25) is 0 Å². The number of aromatic nitrogens is 2. The molecule has 1 aromatic carbocycles. The zero-order valence-electron chi connectivity index (χ0n) is 10.8. The molecule has 0 unspecified atom stereocenters. The second-order valence-corrected chi connectivity index (χ2v) is 4.10. The Morgan fingerprint density at radius 2 is 2.00 bits per heavy atom. The lowest BCUT2D eigenvalue weighted by atomic mass is 10.3. The van der Waals surface area contributed by atoms with Crippen molar-refractivity contribution in [1.82, 2.24) is 9.38 Å². The third kappa shape index (κ3) is 2.04. The maximum Gasteiger partial charge on any atom is 0.169 e. The van der Waals surface area contributed by atoms with Crippen LogP contribution in [0.25, 0.3) is 5.65 Å². The van der Waals surface area contributed by atoms with Gasteiger partial charge in [0.25, 0.3) is 0 Å². The quantitative estimate of drug-likeness (QED) is 0.730. The fraction of sp³-hybridized carbons (Fsp3) is 0.0667. The highest BCUT2D eigenvalue weighted by molar-refractivity contribution is 5.52. The third-order valence-corrected chi connectivity index (χ3v) is 2.89. The van der Waals surface area contributed by atoms with Gasteiger partial charge in [0.1, 0.15) is 23.2 Å². The molecular formula is C15H11N3O2. The highest BCUT2D eigenvalue weighted by atomic mass is 16.5. The SMILES string of the molecule is COc1ccccc1Oc1cc(C#N)n2ccnc2c1. The standard InChI is InChI=1S/C15H11N3O2/c1-19-13-4-2-3-5-14(13)20-12-8-11(10-16)18-7-6-17-15(18)9-12/h2-9H,1H3. The lowest BCUT2D eigenvalue weighted by Crippen LogP contribution is -1.94. The van der Waals surface area contributed by atoms with Gasteiger partial charge < -0.3 is 9.47 Å². The number of fused-ring (bicyclic) bond motifs is 1. The number of nitriles is 1.